The zero-order chi connectivity index (χ0) is 17.9. The molecular formula is C21H24F3N. The van der Waals surface area contributed by atoms with Crippen molar-refractivity contribution in [2.45, 2.75) is 43.8 Å². The minimum absolute atomic E-state index is 0.222. The average Bonchev–Trinajstić information content (AvgIpc) is 3.38. The van der Waals surface area contributed by atoms with Crippen molar-refractivity contribution < 1.29 is 13.2 Å². The van der Waals surface area contributed by atoms with Crippen LogP contribution in [0.4, 0.5) is 13.2 Å². The van der Waals surface area contributed by atoms with Crippen LogP contribution in [0.5, 0.6) is 0 Å². The maximum absolute atomic E-state index is 13.1. The number of alkyl halides is 3. The van der Waals surface area contributed by atoms with Crippen LogP contribution < -0.4 is 0 Å². The molecule has 0 unspecified atom stereocenters. The summed E-state index contributed by atoms with van der Waals surface area (Å²) < 4.78 is 39.4. The highest BCUT2D eigenvalue weighted by atomic mass is 19.4. The molecule has 25 heavy (non-hydrogen) atoms. The molecule has 1 nitrogen and oxygen atoms in total. The van der Waals surface area contributed by atoms with Gasteiger partial charge in [0, 0.05) is 6.54 Å². The minimum atomic E-state index is -4.13. The summed E-state index contributed by atoms with van der Waals surface area (Å²) in [5.74, 6) is 0. The number of halogens is 3. The van der Waals surface area contributed by atoms with Gasteiger partial charge in [-0.1, -0.05) is 54.6 Å². The monoisotopic (exact) mass is 347 g/mol. The third kappa shape index (κ3) is 4.24. The second-order valence-corrected chi connectivity index (χ2v) is 7.10. The molecule has 2 aromatic rings. The molecule has 0 heterocycles. The van der Waals surface area contributed by atoms with Gasteiger partial charge in [-0.15, -0.1) is 0 Å². The molecule has 1 fully saturated rings. The maximum atomic E-state index is 13.1. The number of hydrogen-bond donors (Lipinski definition) is 0. The van der Waals surface area contributed by atoms with Crippen LogP contribution in [0.2, 0.25) is 0 Å². The molecule has 0 aliphatic heterocycles. The van der Waals surface area contributed by atoms with E-state index in [1.807, 2.05) is 30.3 Å². The van der Waals surface area contributed by atoms with E-state index in [1.165, 1.54) is 5.56 Å². The Hall–Kier alpha value is -1.81. The summed E-state index contributed by atoms with van der Waals surface area (Å²) in [7, 11) is 2.09. The third-order valence-electron chi connectivity index (χ3n) is 5.10. The van der Waals surface area contributed by atoms with Gasteiger partial charge < -0.3 is 4.90 Å². The summed E-state index contributed by atoms with van der Waals surface area (Å²) >= 11 is 0. The van der Waals surface area contributed by atoms with E-state index in [-0.39, 0.29) is 12.8 Å². The second kappa shape index (κ2) is 7.20. The number of benzene rings is 2. The Balaban J connectivity index is 1.48. The Morgan fingerprint density at radius 3 is 2.12 bits per heavy atom. The molecule has 0 saturated heterocycles. The van der Waals surface area contributed by atoms with Gasteiger partial charge in [0.15, 0.2) is 0 Å². The van der Waals surface area contributed by atoms with Gasteiger partial charge in [0.1, 0.15) is 0 Å². The van der Waals surface area contributed by atoms with E-state index in [0.717, 1.165) is 31.5 Å². The van der Waals surface area contributed by atoms with Crippen LogP contribution in [-0.4, -0.2) is 24.7 Å². The van der Waals surface area contributed by atoms with Gasteiger partial charge in [0.2, 0.25) is 0 Å². The molecule has 0 amide bonds. The van der Waals surface area contributed by atoms with Crippen molar-refractivity contribution in [1.82, 2.24) is 4.90 Å². The molecule has 1 aliphatic carbocycles. The van der Waals surface area contributed by atoms with E-state index >= 15 is 0 Å². The van der Waals surface area contributed by atoms with Crippen LogP contribution in [0.1, 0.15) is 36.0 Å². The van der Waals surface area contributed by atoms with Crippen LogP contribution in [0.25, 0.3) is 0 Å². The highest BCUT2D eigenvalue weighted by molar-refractivity contribution is 5.35. The van der Waals surface area contributed by atoms with E-state index in [1.54, 1.807) is 12.1 Å². The fourth-order valence-electron chi connectivity index (χ4n) is 3.38. The number of aryl methyl sites for hydroxylation is 1. The Kier molecular flexibility index (Phi) is 5.19. The molecule has 1 aliphatic rings. The Labute approximate surface area is 147 Å². The number of rotatable bonds is 7. The molecule has 1 saturated carbocycles. The highest BCUT2D eigenvalue weighted by Crippen LogP contribution is 2.58. The van der Waals surface area contributed by atoms with Gasteiger partial charge in [-0.2, -0.15) is 13.2 Å². The Bertz CT molecular complexity index is 673. The number of hydrogen-bond acceptors (Lipinski definition) is 1. The summed E-state index contributed by atoms with van der Waals surface area (Å²) in [6, 6.07) is 17.4. The van der Waals surface area contributed by atoms with Crippen molar-refractivity contribution in [2.75, 3.05) is 13.6 Å². The van der Waals surface area contributed by atoms with E-state index in [4.69, 9.17) is 0 Å². The summed E-state index contributed by atoms with van der Waals surface area (Å²) in [5, 5.41) is 0. The predicted molar refractivity (Wildman–Crippen MR) is 94.5 cm³/mol. The summed E-state index contributed by atoms with van der Waals surface area (Å²) in [6.45, 7) is 1.87. The molecular weight excluding hydrogens is 323 g/mol. The summed E-state index contributed by atoms with van der Waals surface area (Å²) in [6.07, 6.45) is -1.81. The second-order valence-electron chi connectivity index (χ2n) is 7.10. The quantitative estimate of drug-likeness (QED) is 0.653. The van der Waals surface area contributed by atoms with E-state index < -0.39 is 11.6 Å². The standard InChI is InChI=1S/C21H24F3N/c1-25(16-18-6-3-2-4-7-18)15-5-8-17-9-11-19(12-10-17)20(13-14-20)21(22,23)24/h2-4,6-7,9-12H,5,8,13-16H2,1H3. The first kappa shape index (κ1) is 18.0. The molecule has 0 N–H and O–H groups in total. The largest absolute Gasteiger partial charge is 0.398 e. The fourth-order valence-corrected chi connectivity index (χ4v) is 3.38. The molecule has 3 rings (SSSR count). The molecule has 0 aromatic heterocycles. The van der Waals surface area contributed by atoms with Crippen LogP contribution in [0.3, 0.4) is 0 Å². The van der Waals surface area contributed by atoms with E-state index in [9.17, 15) is 13.2 Å². The van der Waals surface area contributed by atoms with Gasteiger partial charge in [0.25, 0.3) is 0 Å². The van der Waals surface area contributed by atoms with E-state index in [0.29, 0.717) is 5.56 Å². The Morgan fingerprint density at radius 1 is 0.920 bits per heavy atom. The molecule has 0 atom stereocenters. The first-order chi connectivity index (χ1) is 11.9. The lowest BCUT2D eigenvalue weighted by atomic mass is 9.94. The molecule has 134 valence electrons. The van der Waals surface area contributed by atoms with Crippen LogP contribution >= 0.6 is 0 Å². The molecule has 0 bridgehead atoms. The van der Waals surface area contributed by atoms with Crippen molar-refractivity contribution in [3.05, 3.63) is 71.3 Å². The van der Waals surface area contributed by atoms with Crippen LogP contribution in [0, 0.1) is 0 Å². The first-order valence-corrected chi connectivity index (χ1v) is 8.79. The first-order valence-electron chi connectivity index (χ1n) is 8.79. The molecule has 0 radical (unpaired) electrons. The zero-order valence-corrected chi connectivity index (χ0v) is 14.5. The van der Waals surface area contributed by atoms with Crippen molar-refractivity contribution in [3.63, 3.8) is 0 Å². The summed E-state index contributed by atoms with van der Waals surface area (Å²) in [4.78, 5) is 2.27. The zero-order valence-electron chi connectivity index (χ0n) is 14.5. The summed E-state index contributed by atoms with van der Waals surface area (Å²) in [5.41, 5.74) is 1.25. The fraction of sp³-hybridized carbons (Fsp3) is 0.429. The van der Waals surface area contributed by atoms with Gasteiger partial charge in [0.05, 0.1) is 5.41 Å². The minimum Gasteiger partial charge on any atom is -0.302 e. The maximum Gasteiger partial charge on any atom is 0.398 e. The van der Waals surface area contributed by atoms with E-state index in [2.05, 4.69) is 24.1 Å². The van der Waals surface area contributed by atoms with Gasteiger partial charge in [-0.3, -0.25) is 0 Å². The number of nitrogens with zero attached hydrogens (tertiary/aromatic N) is 1. The predicted octanol–water partition coefficient (Wildman–Crippen LogP) is 5.35. The Morgan fingerprint density at radius 2 is 1.56 bits per heavy atom. The molecule has 4 heteroatoms. The third-order valence-corrected chi connectivity index (χ3v) is 5.10. The topological polar surface area (TPSA) is 3.24 Å². The van der Waals surface area contributed by atoms with Crippen molar-refractivity contribution in [2.24, 2.45) is 0 Å². The van der Waals surface area contributed by atoms with Gasteiger partial charge in [-0.25, -0.2) is 0 Å². The lowest BCUT2D eigenvalue weighted by Gasteiger charge is -2.20. The van der Waals surface area contributed by atoms with Crippen LogP contribution in [0.15, 0.2) is 54.6 Å². The smallest absolute Gasteiger partial charge is 0.302 e. The normalized spacial score (nSPS) is 16.2. The highest BCUT2D eigenvalue weighted by Gasteiger charge is 2.64. The van der Waals surface area contributed by atoms with Crippen molar-refractivity contribution in [3.8, 4) is 0 Å². The van der Waals surface area contributed by atoms with Gasteiger partial charge in [-0.05, 0) is 56.0 Å². The lowest BCUT2D eigenvalue weighted by Crippen LogP contribution is -2.28. The van der Waals surface area contributed by atoms with Crippen LogP contribution in [-0.2, 0) is 18.4 Å². The lowest BCUT2D eigenvalue weighted by molar-refractivity contribution is -0.160. The average molecular weight is 347 g/mol. The molecule has 2 aromatic carbocycles. The molecule has 0 spiro atoms. The van der Waals surface area contributed by atoms with Gasteiger partial charge >= 0.3 is 6.18 Å². The van der Waals surface area contributed by atoms with Crippen molar-refractivity contribution >= 4 is 0 Å². The SMILES string of the molecule is CN(CCCc1ccc(C2(C(F)(F)F)CC2)cc1)Cc1ccccc1. The van der Waals surface area contributed by atoms with Crippen molar-refractivity contribution in [1.29, 1.82) is 0 Å².